The number of amides is 1. The molecule has 0 radical (unpaired) electrons. The Morgan fingerprint density at radius 2 is 2.14 bits per heavy atom. The van der Waals surface area contributed by atoms with Gasteiger partial charge in [0.1, 0.15) is 17.8 Å². The van der Waals surface area contributed by atoms with Crippen molar-refractivity contribution in [3.05, 3.63) is 48.5 Å². The number of hydrogen-bond acceptors (Lipinski definition) is 8. The van der Waals surface area contributed by atoms with Crippen LogP contribution in [0.4, 0.5) is 0 Å². The minimum atomic E-state index is -0.0599. The quantitative estimate of drug-likeness (QED) is 0.640. The Morgan fingerprint density at radius 3 is 2.93 bits per heavy atom. The van der Waals surface area contributed by atoms with Crippen molar-refractivity contribution in [2.75, 3.05) is 26.2 Å². The summed E-state index contributed by atoms with van der Waals surface area (Å²) in [7, 11) is 1.90. The molecule has 10 heteroatoms. The number of carbonyl (C=O) groups excluding carboxylic acids is 1. The van der Waals surface area contributed by atoms with Gasteiger partial charge in [-0.2, -0.15) is 0 Å². The van der Waals surface area contributed by atoms with Crippen molar-refractivity contribution < 1.29 is 9.21 Å². The van der Waals surface area contributed by atoms with Crippen molar-refractivity contribution in [3.63, 3.8) is 0 Å². The fourth-order valence-electron chi connectivity index (χ4n) is 3.08. The Morgan fingerprint density at radius 1 is 1.21 bits per heavy atom. The fraction of sp³-hybridized carbons (Fsp3) is 0.389. The standard InChI is InChI=1S/C18H21N7O2S/c1-23-13-21-22-18(23)28-16-4-3-14(27-16)12-24-7-2-8-25(10-9-24)17(26)15-11-19-5-6-20-15/h3-6,11,13H,2,7-10,12H2,1H3. The van der Waals surface area contributed by atoms with E-state index < -0.39 is 0 Å². The summed E-state index contributed by atoms with van der Waals surface area (Å²) >= 11 is 1.45. The summed E-state index contributed by atoms with van der Waals surface area (Å²) in [5, 5.41) is 9.51. The van der Waals surface area contributed by atoms with E-state index >= 15 is 0 Å². The molecule has 3 aromatic rings. The summed E-state index contributed by atoms with van der Waals surface area (Å²) in [6.45, 7) is 3.80. The number of hydrogen-bond donors (Lipinski definition) is 0. The number of furan rings is 1. The molecule has 1 aliphatic heterocycles. The molecule has 0 aromatic carbocycles. The highest BCUT2D eigenvalue weighted by molar-refractivity contribution is 7.99. The van der Waals surface area contributed by atoms with Gasteiger partial charge in [-0.1, -0.05) is 0 Å². The molecule has 0 spiro atoms. The smallest absolute Gasteiger partial charge is 0.274 e. The molecule has 0 N–H and O–H groups in total. The first-order valence-electron chi connectivity index (χ1n) is 9.07. The maximum atomic E-state index is 12.6. The summed E-state index contributed by atoms with van der Waals surface area (Å²) in [4.78, 5) is 24.8. The van der Waals surface area contributed by atoms with Crippen LogP contribution in [0.3, 0.4) is 0 Å². The minimum absolute atomic E-state index is 0.0599. The number of nitrogens with zero attached hydrogens (tertiary/aromatic N) is 7. The third-order valence-electron chi connectivity index (χ3n) is 4.54. The lowest BCUT2D eigenvalue weighted by Crippen LogP contribution is -2.35. The molecular formula is C18H21N7O2S. The molecule has 9 nitrogen and oxygen atoms in total. The maximum absolute atomic E-state index is 12.6. The summed E-state index contributed by atoms with van der Waals surface area (Å²) < 4.78 is 7.79. The van der Waals surface area contributed by atoms with E-state index in [9.17, 15) is 4.79 Å². The van der Waals surface area contributed by atoms with E-state index in [0.717, 1.165) is 42.1 Å². The molecule has 0 unspecified atom stereocenters. The van der Waals surface area contributed by atoms with Gasteiger partial charge in [-0.25, -0.2) is 4.98 Å². The van der Waals surface area contributed by atoms with E-state index in [1.54, 1.807) is 18.7 Å². The lowest BCUT2D eigenvalue weighted by atomic mass is 10.3. The van der Waals surface area contributed by atoms with E-state index in [-0.39, 0.29) is 5.91 Å². The van der Waals surface area contributed by atoms with Crippen molar-refractivity contribution in [1.82, 2.24) is 34.5 Å². The molecule has 1 amide bonds. The Balaban J connectivity index is 1.33. The third kappa shape index (κ3) is 4.39. The molecular weight excluding hydrogens is 378 g/mol. The van der Waals surface area contributed by atoms with Gasteiger partial charge >= 0.3 is 0 Å². The highest BCUT2D eigenvalue weighted by atomic mass is 32.2. The molecule has 1 fully saturated rings. The second-order valence-electron chi connectivity index (χ2n) is 6.56. The highest BCUT2D eigenvalue weighted by Gasteiger charge is 2.22. The normalized spacial score (nSPS) is 15.5. The van der Waals surface area contributed by atoms with Crippen molar-refractivity contribution in [2.24, 2.45) is 7.05 Å². The van der Waals surface area contributed by atoms with Crippen LogP contribution in [0.1, 0.15) is 22.7 Å². The summed E-state index contributed by atoms with van der Waals surface area (Å²) in [5.74, 6) is 0.841. The van der Waals surface area contributed by atoms with Gasteiger partial charge in [0.25, 0.3) is 5.91 Å². The largest absolute Gasteiger partial charge is 0.453 e. The zero-order chi connectivity index (χ0) is 19.3. The van der Waals surface area contributed by atoms with Crippen LogP contribution >= 0.6 is 11.8 Å². The average Bonchev–Trinajstić information content (AvgIpc) is 3.25. The van der Waals surface area contributed by atoms with Crippen LogP contribution in [0.2, 0.25) is 0 Å². The Hall–Kier alpha value is -2.72. The minimum Gasteiger partial charge on any atom is -0.453 e. The van der Waals surface area contributed by atoms with Crippen LogP contribution in [-0.4, -0.2) is 66.6 Å². The monoisotopic (exact) mass is 399 g/mol. The van der Waals surface area contributed by atoms with Crippen molar-refractivity contribution in [3.8, 4) is 0 Å². The van der Waals surface area contributed by atoms with Gasteiger partial charge in [-0.15, -0.1) is 10.2 Å². The van der Waals surface area contributed by atoms with Crippen LogP contribution in [0.5, 0.6) is 0 Å². The lowest BCUT2D eigenvalue weighted by molar-refractivity contribution is 0.0754. The first-order chi connectivity index (χ1) is 13.7. The molecule has 0 saturated carbocycles. The SMILES string of the molecule is Cn1cnnc1Sc1ccc(CN2CCCN(C(=O)c3cnccn3)CC2)o1. The molecule has 1 aliphatic rings. The van der Waals surface area contributed by atoms with Crippen LogP contribution in [-0.2, 0) is 13.6 Å². The first-order valence-corrected chi connectivity index (χ1v) is 9.89. The number of rotatable bonds is 5. The Kier molecular flexibility index (Phi) is 5.68. The van der Waals surface area contributed by atoms with E-state index in [4.69, 9.17) is 4.42 Å². The number of carbonyl (C=O) groups is 1. The predicted octanol–water partition coefficient (Wildman–Crippen LogP) is 1.70. The second kappa shape index (κ2) is 8.53. The third-order valence-corrected chi connectivity index (χ3v) is 5.51. The average molecular weight is 399 g/mol. The summed E-state index contributed by atoms with van der Waals surface area (Å²) in [6.07, 6.45) is 7.21. The zero-order valence-corrected chi connectivity index (χ0v) is 16.4. The zero-order valence-electron chi connectivity index (χ0n) is 15.6. The van der Waals surface area contributed by atoms with E-state index in [0.29, 0.717) is 18.8 Å². The Labute approximate surface area is 166 Å². The van der Waals surface area contributed by atoms with Gasteiger partial charge in [0.15, 0.2) is 10.2 Å². The van der Waals surface area contributed by atoms with Gasteiger partial charge in [-0.05, 0) is 30.3 Å². The lowest BCUT2D eigenvalue weighted by Gasteiger charge is -2.21. The van der Waals surface area contributed by atoms with Crippen LogP contribution in [0.25, 0.3) is 0 Å². The van der Waals surface area contributed by atoms with Crippen LogP contribution < -0.4 is 0 Å². The van der Waals surface area contributed by atoms with Gasteiger partial charge in [-0.3, -0.25) is 14.7 Å². The van der Waals surface area contributed by atoms with E-state index in [2.05, 4.69) is 25.1 Å². The van der Waals surface area contributed by atoms with Crippen molar-refractivity contribution in [2.45, 2.75) is 23.2 Å². The molecule has 28 heavy (non-hydrogen) atoms. The first kappa shape index (κ1) is 18.6. The molecule has 0 aliphatic carbocycles. The van der Waals surface area contributed by atoms with Crippen LogP contribution in [0, 0.1) is 0 Å². The second-order valence-corrected chi connectivity index (χ2v) is 7.53. The molecule has 0 atom stereocenters. The van der Waals surface area contributed by atoms with Gasteiger partial charge in [0, 0.05) is 45.6 Å². The molecule has 3 aromatic heterocycles. The van der Waals surface area contributed by atoms with Gasteiger partial charge in [0.05, 0.1) is 12.7 Å². The molecule has 4 rings (SSSR count). The molecule has 4 heterocycles. The fourth-order valence-corrected chi connectivity index (χ4v) is 3.82. The predicted molar refractivity (Wildman–Crippen MR) is 102 cm³/mol. The summed E-state index contributed by atoms with van der Waals surface area (Å²) in [5.41, 5.74) is 0.396. The van der Waals surface area contributed by atoms with E-state index in [1.165, 1.54) is 18.0 Å². The number of aromatic nitrogens is 5. The van der Waals surface area contributed by atoms with E-state index in [1.807, 2.05) is 28.6 Å². The van der Waals surface area contributed by atoms with Crippen molar-refractivity contribution >= 4 is 17.7 Å². The molecule has 146 valence electrons. The van der Waals surface area contributed by atoms with Gasteiger partial charge in [0.2, 0.25) is 0 Å². The van der Waals surface area contributed by atoms with Gasteiger partial charge < -0.3 is 13.9 Å². The Bertz CT molecular complexity index is 927. The number of aryl methyl sites for hydroxylation is 1. The maximum Gasteiger partial charge on any atom is 0.274 e. The van der Waals surface area contributed by atoms with Crippen LogP contribution in [0.15, 0.2) is 51.7 Å². The molecule has 0 bridgehead atoms. The molecule has 1 saturated heterocycles. The highest BCUT2D eigenvalue weighted by Crippen LogP contribution is 2.27. The summed E-state index contributed by atoms with van der Waals surface area (Å²) in [6, 6.07) is 3.95. The topological polar surface area (TPSA) is 93.2 Å². The van der Waals surface area contributed by atoms with Crippen molar-refractivity contribution in [1.29, 1.82) is 0 Å².